The lowest BCUT2D eigenvalue weighted by Crippen LogP contribution is -2.59. The number of aliphatic hydroxyl groups is 1. The Labute approximate surface area is 208 Å². The number of carbonyl (C=O) groups excluding carboxylic acids is 3. The maximum atomic E-state index is 13.8. The Morgan fingerprint density at radius 3 is 2.40 bits per heavy atom. The summed E-state index contributed by atoms with van der Waals surface area (Å²) < 4.78 is 0. The zero-order valence-corrected chi connectivity index (χ0v) is 21.8. The van der Waals surface area contributed by atoms with Crippen molar-refractivity contribution in [3.8, 4) is 0 Å². The number of aliphatic carboxylic acids is 1. The van der Waals surface area contributed by atoms with Crippen LogP contribution in [0.2, 0.25) is 0 Å². The van der Waals surface area contributed by atoms with Crippen LogP contribution in [-0.4, -0.2) is 39.1 Å². The van der Waals surface area contributed by atoms with Crippen molar-refractivity contribution in [3.63, 3.8) is 0 Å². The van der Waals surface area contributed by atoms with Gasteiger partial charge in [0.15, 0.2) is 11.6 Å². The third-order valence-electron chi connectivity index (χ3n) is 10.7. The van der Waals surface area contributed by atoms with Crippen molar-refractivity contribution < 1.29 is 29.4 Å². The van der Waals surface area contributed by atoms with Crippen LogP contribution in [-0.2, 0) is 19.2 Å². The lowest BCUT2D eigenvalue weighted by molar-refractivity contribution is -0.144. The van der Waals surface area contributed by atoms with Crippen LogP contribution < -0.4 is 0 Å². The molecule has 35 heavy (non-hydrogen) atoms. The first-order valence-electron chi connectivity index (χ1n) is 13.2. The van der Waals surface area contributed by atoms with E-state index in [0.29, 0.717) is 48.8 Å². The van der Waals surface area contributed by atoms with Gasteiger partial charge in [0.1, 0.15) is 5.78 Å². The molecule has 0 heterocycles. The maximum absolute atomic E-state index is 13.8. The first-order chi connectivity index (χ1) is 16.2. The minimum absolute atomic E-state index is 0.0311. The number of Topliss-reactive ketones (excluding diaryl/α,β-unsaturated/α-hetero) is 3. The normalized spacial score (nSPS) is 40.6. The van der Waals surface area contributed by atoms with Crippen molar-refractivity contribution in [3.05, 3.63) is 23.3 Å². The molecule has 4 aliphatic rings. The molecule has 4 aliphatic carbocycles. The zero-order valence-electron chi connectivity index (χ0n) is 21.8. The summed E-state index contributed by atoms with van der Waals surface area (Å²) in [5.41, 5.74) is -1.13. The van der Waals surface area contributed by atoms with Crippen LogP contribution >= 0.6 is 0 Å². The fourth-order valence-electron chi connectivity index (χ4n) is 8.21. The third kappa shape index (κ3) is 3.61. The van der Waals surface area contributed by atoms with Gasteiger partial charge in [-0.25, -0.2) is 0 Å². The summed E-state index contributed by atoms with van der Waals surface area (Å²) in [6, 6.07) is 0. The number of hydrogen-bond acceptors (Lipinski definition) is 5. The van der Waals surface area contributed by atoms with E-state index in [2.05, 4.69) is 13.5 Å². The van der Waals surface area contributed by atoms with E-state index in [1.807, 2.05) is 20.8 Å². The molecule has 8 atom stereocenters. The molecule has 6 nitrogen and oxygen atoms in total. The van der Waals surface area contributed by atoms with E-state index in [9.17, 15) is 29.4 Å². The van der Waals surface area contributed by atoms with Crippen LogP contribution in [0.1, 0.15) is 86.0 Å². The fourth-order valence-corrected chi connectivity index (χ4v) is 8.21. The molecule has 0 aromatic carbocycles. The lowest BCUT2D eigenvalue weighted by atomic mass is 9.47. The second kappa shape index (κ2) is 8.50. The van der Waals surface area contributed by atoms with Crippen LogP contribution in [0.25, 0.3) is 0 Å². The Morgan fingerprint density at radius 1 is 1.11 bits per heavy atom. The van der Waals surface area contributed by atoms with Gasteiger partial charge in [0.2, 0.25) is 0 Å². The topological polar surface area (TPSA) is 109 Å². The molecule has 0 bridgehead atoms. The molecule has 0 aromatic rings. The molecular formula is C29H40O6. The number of carboxylic acid groups (broad SMARTS) is 1. The Kier molecular flexibility index (Phi) is 6.31. The standard InChI is InChI=1S/C29H40O6/c1-15(17(3)26(33)34)7-8-16(2)19-9-12-29(35)25-22(31)13-20-18(4)21(30)10-11-27(20,5)24(25)23(32)14-28(19,29)6/h16-20,35H,1,7-14H2,2-6H3,(H,33,34)/t16-,17-,18+,19-,20+,27+,28-,29-/m1/s1. The van der Waals surface area contributed by atoms with Crippen LogP contribution in [0.4, 0.5) is 0 Å². The summed E-state index contributed by atoms with van der Waals surface area (Å²) in [5.74, 6) is -1.83. The van der Waals surface area contributed by atoms with Crippen LogP contribution in [0.3, 0.4) is 0 Å². The first kappa shape index (κ1) is 26.0. The Hall–Kier alpha value is -2.08. The first-order valence-corrected chi connectivity index (χ1v) is 13.2. The molecule has 6 heteroatoms. The van der Waals surface area contributed by atoms with Crippen molar-refractivity contribution in [1.29, 1.82) is 0 Å². The van der Waals surface area contributed by atoms with Gasteiger partial charge in [0.25, 0.3) is 0 Å². The Bertz CT molecular complexity index is 1040. The minimum Gasteiger partial charge on any atom is -0.481 e. The number of carbonyl (C=O) groups is 4. The van der Waals surface area contributed by atoms with E-state index in [1.165, 1.54) is 0 Å². The van der Waals surface area contributed by atoms with Gasteiger partial charge >= 0.3 is 5.97 Å². The molecule has 0 amide bonds. The number of allylic oxidation sites excluding steroid dienone is 1. The van der Waals surface area contributed by atoms with Crippen molar-refractivity contribution in [2.24, 2.45) is 40.4 Å². The zero-order chi connectivity index (χ0) is 26.1. The Morgan fingerprint density at radius 2 is 1.77 bits per heavy atom. The van der Waals surface area contributed by atoms with Gasteiger partial charge in [-0.05, 0) is 56.8 Å². The van der Waals surface area contributed by atoms with E-state index in [0.717, 1.165) is 6.42 Å². The molecule has 2 saturated carbocycles. The van der Waals surface area contributed by atoms with E-state index in [4.69, 9.17) is 0 Å². The molecule has 192 valence electrons. The molecule has 0 aromatic heterocycles. The number of carboxylic acids is 1. The van der Waals surface area contributed by atoms with Gasteiger partial charge in [0, 0.05) is 47.2 Å². The van der Waals surface area contributed by atoms with Gasteiger partial charge in [-0.15, -0.1) is 0 Å². The van der Waals surface area contributed by atoms with Crippen molar-refractivity contribution in [1.82, 2.24) is 0 Å². The number of rotatable bonds is 6. The summed E-state index contributed by atoms with van der Waals surface area (Å²) in [6.07, 6.45) is 3.81. The summed E-state index contributed by atoms with van der Waals surface area (Å²) in [4.78, 5) is 51.2. The van der Waals surface area contributed by atoms with E-state index in [-0.39, 0.29) is 53.9 Å². The summed E-state index contributed by atoms with van der Waals surface area (Å²) >= 11 is 0. The van der Waals surface area contributed by atoms with Gasteiger partial charge in [-0.3, -0.25) is 19.2 Å². The van der Waals surface area contributed by atoms with E-state index in [1.54, 1.807) is 6.92 Å². The summed E-state index contributed by atoms with van der Waals surface area (Å²) in [7, 11) is 0. The van der Waals surface area contributed by atoms with Crippen LogP contribution in [0, 0.1) is 40.4 Å². The predicted molar refractivity (Wildman–Crippen MR) is 131 cm³/mol. The van der Waals surface area contributed by atoms with Crippen molar-refractivity contribution in [2.45, 2.75) is 91.6 Å². The van der Waals surface area contributed by atoms with E-state index >= 15 is 0 Å². The average molecular weight is 485 g/mol. The van der Waals surface area contributed by atoms with Crippen LogP contribution in [0.15, 0.2) is 23.3 Å². The molecule has 4 rings (SSSR count). The van der Waals surface area contributed by atoms with Gasteiger partial charge in [-0.1, -0.05) is 39.8 Å². The minimum atomic E-state index is -1.35. The largest absolute Gasteiger partial charge is 0.481 e. The van der Waals surface area contributed by atoms with Gasteiger partial charge in [0.05, 0.1) is 11.5 Å². The number of hydrogen-bond donors (Lipinski definition) is 2. The lowest BCUT2D eigenvalue weighted by Gasteiger charge is -2.56. The quantitative estimate of drug-likeness (QED) is 0.530. The highest BCUT2D eigenvalue weighted by Crippen LogP contribution is 2.66. The molecule has 0 aliphatic heterocycles. The van der Waals surface area contributed by atoms with Crippen molar-refractivity contribution >= 4 is 23.3 Å². The number of fused-ring (bicyclic) bond motifs is 4. The maximum Gasteiger partial charge on any atom is 0.310 e. The SMILES string of the molecule is C=C(CC[C@@H](C)[C@H]1CC[C@@]2(O)C3=C(C(=O)C[C@]12C)[C@@]1(C)CCC(=O)[C@@H](C)[C@@H]1CC3=O)[C@@H](C)C(=O)O. The van der Waals surface area contributed by atoms with Gasteiger partial charge in [-0.2, -0.15) is 0 Å². The Balaban J connectivity index is 1.67. The highest BCUT2D eigenvalue weighted by molar-refractivity contribution is 6.12. The monoisotopic (exact) mass is 484 g/mol. The molecule has 0 radical (unpaired) electrons. The molecule has 0 saturated heterocycles. The molecule has 0 unspecified atom stereocenters. The highest BCUT2D eigenvalue weighted by atomic mass is 16.4. The second-order valence-corrected chi connectivity index (χ2v) is 12.4. The third-order valence-corrected chi connectivity index (χ3v) is 10.7. The highest BCUT2D eigenvalue weighted by Gasteiger charge is 2.67. The smallest absolute Gasteiger partial charge is 0.310 e. The second-order valence-electron chi connectivity index (χ2n) is 12.4. The van der Waals surface area contributed by atoms with E-state index < -0.39 is 28.3 Å². The van der Waals surface area contributed by atoms with Gasteiger partial charge < -0.3 is 10.2 Å². The molecule has 2 fully saturated rings. The fraction of sp³-hybridized carbons (Fsp3) is 0.724. The molecular weight excluding hydrogens is 444 g/mol. The molecule has 0 spiro atoms. The van der Waals surface area contributed by atoms with Crippen LogP contribution in [0.5, 0.6) is 0 Å². The number of ketones is 3. The van der Waals surface area contributed by atoms with Crippen molar-refractivity contribution in [2.75, 3.05) is 0 Å². The average Bonchev–Trinajstić information content (AvgIpc) is 3.06. The summed E-state index contributed by atoms with van der Waals surface area (Å²) in [6.45, 7) is 13.6. The summed E-state index contributed by atoms with van der Waals surface area (Å²) in [5, 5.41) is 21.5. The predicted octanol–water partition coefficient (Wildman–Crippen LogP) is 4.69. The molecule has 2 N–H and O–H groups in total.